The van der Waals surface area contributed by atoms with E-state index in [0.717, 1.165) is 74.5 Å². The second-order valence-corrected chi connectivity index (χ2v) is 8.10. The van der Waals surface area contributed by atoms with E-state index < -0.39 is 0 Å². The van der Waals surface area contributed by atoms with Crippen molar-refractivity contribution in [3.63, 3.8) is 0 Å². The normalized spacial score (nSPS) is 21.2. The Balaban J connectivity index is 1.26. The second kappa shape index (κ2) is 9.32. The van der Waals surface area contributed by atoms with E-state index in [9.17, 15) is 0 Å². The number of anilines is 2. The number of hydrogen-bond acceptors (Lipinski definition) is 9. The minimum absolute atomic E-state index is 0.130. The molecule has 0 bridgehead atoms. The van der Waals surface area contributed by atoms with Crippen LogP contribution in [0.25, 0.3) is 11.0 Å². The number of ether oxygens (including phenoxy) is 2. The molecule has 0 unspecified atom stereocenters. The zero-order valence-corrected chi connectivity index (χ0v) is 17.8. The van der Waals surface area contributed by atoms with Crippen molar-refractivity contribution in [2.24, 2.45) is 0 Å². The zero-order valence-electron chi connectivity index (χ0n) is 17.8. The molecule has 1 saturated carbocycles. The molecule has 5 rings (SSSR count). The molecule has 0 spiro atoms. The minimum Gasteiger partial charge on any atom is -0.488 e. The first-order valence-electron chi connectivity index (χ1n) is 11.0. The molecule has 0 amide bonds. The van der Waals surface area contributed by atoms with Gasteiger partial charge in [-0.1, -0.05) is 0 Å². The Bertz CT molecular complexity index is 1100. The molecule has 2 aliphatic rings. The van der Waals surface area contributed by atoms with Crippen LogP contribution in [-0.4, -0.2) is 58.4 Å². The Kier molecular flexibility index (Phi) is 5.94. The molecule has 2 aromatic heterocycles. The first-order chi connectivity index (χ1) is 15.8. The molecule has 9 nitrogen and oxygen atoms in total. The summed E-state index contributed by atoms with van der Waals surface area (Å²) in [7, 11) is 0. The lowest BCUT2D eigenvalue weighted by molar-refractivity contribution is 0.122. The molecule has 3 aromatic rings. The molecule has 1 N–H and O–H groups in total. The van der Waals surface area contributed by atoms with Gasteiger partial charge in [0.1, 0.15) is 23.2 Å². The van der Waals surface area contributed by atoms with Crippen LogP contribution in [0.3, 0.4) is 0 Å². The average molecular weight is 432 g/mol. The van der Waals surface area contributed by atoms with Gasteiger partial charge in [0.25, 0.3) is 0 Å². The van der Waals surface area contributed by atoms with Gasteiger partial charge in [-0.05, 0) is 31.7 Å². The van der Waals surface area contributed by atoms with Crippen LogP contribution in [0.4, 0.5) is 11.5 Å². The van der Waals surface area contributed by atoms with Crippen LogP contribution in [0.15, 0.2) is 36.9 Å². The van der Waals surface area contributed by atoms with Crippen molar-refractivity contribution in [1.29, 1.82) is 5.26 Å². The smallest absolute Gasteiger partial charge is 0.158 e. The summed E-state index contributed by atoms with van der Waals surface area (Å²) >= 11 is 0. The van der Waals surface area contributed by atoms with Crippen molar-refractivity contribution in [3.05, 3.63) is 42.6 Å². The van der Waals surface area contributed by atoms with E-state index in [0.29, 0.717) is 17.6 Å². The van der Waals surface area contributed by atoms with Crippen LogP contribution >= 0.6 is 0 Å². The fourth-order valence-electron chi connectivity index (χ4n) is 4.30. The minimum atomic E-state index is 0.130. The molecular formula is C23H25N7O2. The van der Waals surface area contributed by atoms with Crippen molar-refractivity contribution in [2.75, 3.05) is 36.5 Å². The number of hydrogen-bond donors (Lipinski definition) is 1. The third kappa shape index (κ3) is 4.55. The molecule has 3 heterocycles. The van der Waals surface area contributed by atoms with Crippen molar-refractivity contribution >= 4 is 22.5 Å². The van der Waals surface area contributed by atoms with E-state index >= 15 is 0 Å². The average Bonchev–Trinajstić information content (AvgIpc) is 2.86. The molecule has 9 heteroatoms. The van der Waals surface area contributed by atoms with E-state index in [4.69, 9.17) is 14.7 Å². The molecule has 1 aromatic carbocycles. The van der Waals surface area contributed by atoms with Crippen LogP contribution in [0.5, 0.6) is 5.75 Å². The summed E-state index contributed by atoms with van der Waals surface area (Å²) in [6, 6.07) is 6.48. The number of nitrogens with zero attached hydrogens (tertiary/aromatic N) is 6. The molecule has 32 heavy (non-hydrogen) atoms. The Labute approximate surface area is 186 Å². The Morgan fingerprint density at radius 3 is 2.56 bits per heavy atom. The second-order valence-electron chi connectivity index (χ2n) is 8.10. The standard InChI is InChI=1S/C23H25N7O2/c24-13-17-14-28-22(15-27-17)29-16-1-3-19(4-2-16)32-21-12-18(30-7-9-31-10-8-30)11-20-23(21)26-6-5-25-20/h5-6,11-12,14-16,19H,1-4,7-10H2,(H,28,29). The Morgan fingerprint density at radius 1 is 1.00 bits per heavy atom. The first kappa shape index (κ1) is 20.4. The molecule has 0 radical (unpaired) electrons. The highest BCUT2D eigenvalue weighted by atomic mass is 16.5. The largest absolute Gasteiger partial charge is 0.488 e. The van der Waals surface area contributed by atoms with E-state index in [1.165, 1.54) is 6.20 Å². The highest BCUT2D eigenvalue weighted by Gasteiger charge is 2.24. The lowest BCUT2D eigenvalue weighted by Gasteiger charge is -2.31. The molecule has 1 saturated heterocycles. The molecule has 0 atom stereocenters. The topological polar surface area (TPSA) is 109 Å². The van der Waals surface area contributed by atoms with E-state index in [1.807, 2.05) is 6.07 Å². The Morgan fingerprint density at radius 2 is 1.81 bits per heavy atom. The third-order valence-electron chi connectivity index (χ3n) is 5.99. The lowest BCUT2D eigenvalue weighted by atomic mass is 9.93. The highest BCUT2D eigenvalue weighted by molar-refractivity contribution is 5.85. The SMILES string of the molecule is N#Cc1cnc(NC2CCC(Oc3cc(N4CCOCC4)cc4nccnc34)CC2)cn1. The van der Waals surface area contributed by atoms with Crippen LogP contribution in [0, 0.1) is 11.3 Å². The van der Waals surface area contributed by atoms with E-state index in [2.05, 4.69) is 42.3 Å². The van der Waals surface area contributed by atoms with Crippen molar-refractivity contribution in [3.8, 4) is 11.8 Å². The maximum absolute atomic E-state index is 8.85. The fraction of sp³-hybridized carbons (Fsp3) is 0.435. The maximum Gasteiger partial charge on any atom is 0.158 e. The monoisotopic (exact) mass is 431 g/mol. The van der Waals surface area contributed by atoms with Crippen molar-refractivity contribution in [1.82, 2.24) is 19.9 Å². The molecule has 2 fully saturated rings. The predicted octanol–water partition coefficient (Wildman–Crippen LogP) is 2.93. The molecule has 164 valence electrons. The summed E-state index contributed by atoms with van der Waals surface area (Å²) < 4.78 is 12.0. The summed E-state index contributed by atoms with van der Waals surface area (Å²) in [6.07, 6.45) is 10.5. The van der Waals surface area contributed by atoms with Gasteiger partial charge in [-0.25, -0.2) is 15.0 Å². The summed E-state index contributed by atoms with van der Waals surface area (Å²) in [4.78, 5) is 19.7. The van der Waals surface area contributed by atoms with Crippen LogP contribution in [0.2, 0.25) is 0 Å². The third-order valence-corrected chi connectivity index (χ3v) is 5.99. The zero-order chi connectivity index (χ0) is 21.8. The number of nitrogens with one attached hydrogen (secondary N) is 1. The number of morpholine rings is 1. The molecule has 1 aliphatic heterocycles. The van der Waals surface area contributed by atoms with Gasteiger partial charge in [0.2, 0.25) is 0 Å². The van der Waals surface area contributed by atoms with Gasteiger partial charge < -0.3 is 19.7 Å². The predicted molar refractivity (Wildman–Crippen MR) is 120 cm³/mol. The number of rotatable bonds is 5. The highest BCUT2D eigenvalue weighted by Crippen LogP contribution is 2.33. The van der Waals surface area contributed by atoms with Crippen molar-refractivity contribution in [2.45, 2.75) is 37.8 Å². The summed E-state index contributed by atoms with van der Waals surface area (Å²) in [5, 5.41) is 12.3. The quantitative estimate of drug-likeness (QED) is 0.652. The summed E-state index contributed by atoms with van der Waals surface area (Å²) in [6.45, 7) is 3.19. The molecule has 1 aliphatic carbocycles. The van der Waals surface area contributed by atoms with Gasteiger partial charge in [-0.2, -0.15) is 5.26 Å². The van der Waals surface area contributed by atoms with E-state index in [1.54, 1.807) is 18.6 Å². The fourth-order valence-corrected chi connectivity index (χ4v) is 4.30. The van der Waals surface area contributed by atoms with Crippen LogP contribution in [0.1, 0.15) is 31.4 Å². The van der Waals surface area contributed by atoms with Gasteiger partial charge in [0, 0.05) is 43.3 Å². The van der Waals surface area contributed by atoms with Crippen molar-refractivity contribution < 1.29 is 9.47 Å². The van der Waals surface area contributed by atoms with Gasteiger partial charge in [-0.3, -0.25) is 4.98 Å². The van der Waals surface area contributed by atoms with Gasteiger partial charge in [-0.15, -0.1) is 0 Å². The first-order valence-corrected chi connectivity index (χ1v) is 11.0. The van der Waals surface area contributed by atoms with Gasteiger partial charge in [0.15, 0.2) is 5.69 Å². The number of fused-ring (bicyclic) bond motifs is 1. The maximum atomic E-state index is 8.85. The van der Waals surface area contributed by atoms with Crippen LogP contribution in [-0.2, 0) is 4.74 Å². The Hall–Kier alpha value is -3.51. The lowest BCUT2D eigenvalue weighted by Crippen LogP contribution is -2.36. The van der Waals surface area contributed by atoms with Crippen LogP contribution < -0.4 is 15.0 Å². The molecular weight excluding hydrogens is 406 g/mol. The number of aromatic nitrogens is 4. The van der Waals surface area contributed by atoms with Gasteiger partial charge >= 0.3 is 0 Å². The van der Waals surface area contributed by atoms with E-state index in [-0.39, 0.29) is 6.10 Å². The summed E-state index contributed by atoms with van der Waals surface area (Å²) in [5.41, 5.74) is 3.08. The number of nitriles is 1. The van der Waals surface area contributed by atoms with Gasteiger partial charge in [0.05, 0.1) is 37.2 Å². The number of benzene rings is 1. The summed E-state index contributed by atoms with van der Waals surface area (Å²) in [5.74, 6) is 1.50.